The summed E-state index contributed by atoms with van der Waals surface area (Å²) in [5.41, 5.74) is 4.60. The molecule has 0 saturated carbocycles. The van der Waals surface area contributed by atoms with E-state index in [-0.39, 0.29) is 0 Å². The predicted molar refractivity (Wildman–Crippen MR) is 74.9 cm³/mol. The van der Waals surface area contributed by atoms with Gasteiger partial charge in [0.1, 0.15) is 5.15 Å². The lowest BCUT2D eigenvalue weighted by atomic mass is 10.0. The van der Waals surface area contributed by atoms with Crippen LogP contribution in [-0.4, -0.2) is 14.8 Å². The largest absolute Gasteiger partial charge is 0.265 e. The van der Waals surface area contributed by atoms with Crippen LogP contribution in [0.15, 0.2) is 18.3 Å². The van der Waals surface area contributed by atoms with Gasteiger partial charge in [0.2, 0.25) is 0 Å². The third-order valence-electron chi connectivity index (χ3n) is 3.11. The Morgan fingerprint density at radius 1 is 1.17 bits per heavy atom. The van der Waals surface area contributed by atoms with Gasteiger partial charge in [-0.25, -0.2) is 4.98 Å². The highest BCUT2D eigenvalue weighted by Crippen LogP contribution is 2.26. The highest BCUT2D eigenvalue weighted by molar-refractivity contribution is 6.29. The van der Waals surface area contributed by atoms with E-state index in [1.807, 2.05) is 16.9 Å². The Labute approximate surface area is 113 Å². The summed E-state index contributed by atoms with van der Waals surface area (Å²) in [6.07, 6.45) is 3.74. The van der Waals surface area contributed by atoms with Gasteiger partial charge in [-0.2, -0.15) is 5.10 Å². The minimum atomic E-state index is 0.550. The van der Waals surface area contributed by atoms with Crippen molar-refractivity contribution in [3.8, 4) is 11.3 Å². The molecule has 3 nitrogen and oxygen atoms in total. The molecule has 2 aromatic rings. The van der Waals surface area contributed by atoms with Crippen LogP contribution in [0.25, 0.3) is 11.3 Å². The first-order valence-electron chi connectivity index (χ1n) is 6.41. The number of pyridine rings is 1. The van der Waals surface area contributed by atoms with Crippen LogP contribution in [0.4, 0.5) is 0 Å². The van der Waals surface area contributed by atoms with E-state index < -0.39 is 0 Å². The van der Waals surface area contributed by atoms with E-state index in [0.29, 0.717) is 5.15 Å². The average Bonchev–Trinajstić information content (AvgIpc) is 2.81. The second kappa shape index (κ2) is 5.53. The van der Waals surface area contributed by atoms with E-state index in [9.17, 15) is 0 Å². The van der Waals surface area contributed by atoms with Crippen LogP contribution in [-0.2, 0) is 19.4 Å². The van der Waals surface area contributed by atoms with Gasteiger partial charge < -0.3 is 0 Å². The molecular weight excluding hydrogens is 246 g/mol. The summed E-state index contributed by atoms with van der Waals surface area (Å²) in [5.74, 6) is 0. The fourth-order valence-electron chi connectivity index (χ4n) is 2.09. The molecule has 4 heteroatoms. The van der Waals surface area contributed by atoms with Crippen molar-refractivity contribution in [3.63, 3.8) is 0 Å². The molecule has 0 atom stereocenters. The molecule has 0 amide bonds. The molecular formula is C14H18ClN3. The summed E-state index contributed by atoms with van der Waals surface area (Å²) >= 11 is 5.96. The Morgan fingerprint density at radius 2 is 1.94 bits per heavy atom. The summed E-state index contributed by atoms with van der Waals surface area (Å²) in [6, 6.07) is 4.09. The Balaban J connectivity index is 2.56. The predicted octanol–water partition coefficient (Wildman–Crippen LogP) is 3.74. The van der Waals surface area contributed by atoms with E-state index in [2.05, 4.69) is 36.9 Å². The van der Waals surface area contributed by atoms with Crippen LogP contribution in [0, 0.1) is 0 Å². The standard InChI is InChI=1S/C14H18ClN3/c1-4-10-7-14(15)16-9-12(10)13-8-11(5-2)17-18(13)6-3/h7-9H,4-6H2,1-3H3. The van der Waals surface area contributed by atoms with Gasteiger partial charge in [0.25, 0.3) is 0 Å². The number of hydrogen-bond donors (Lipinski definition) is 0. The number of halogens is 1. The molecule has 18 heavy (non-hydrogen) atoms. The van der Waals surface area contributed by atoms with E-state index >= 15 is 0 Å². The first-order valence-corrected chi connectivity index (χ1v) is 6.78. The zero-order valence-electron chi connectivity index (χ0n) is 11.1. The molecule has 0 aromatic carbocycles. The normalized spacial score (nSPS) is 10.9. The molecule has 96 valence electrons. The van der Waals surface area contributed by atoms with Crippen LogP contribution in [0.2, 0.25) is 5.15 Å². The van der Waals surface area contributed by atoms with Crippen molar-refractivity contribution in [2.24, 2.45) is 0 Å². The van der Waals surface area contributed by atoms with Gasteiger partial charge in [-0.3, -0.25) is 4.68 Å². The molecule has 2 aromatic heterocycles. The van der Waals surface area contributed by atoms with Gasteiger partial charge in [0.05, 0.1) is 11.4 Å². The van der Waals surface area contributed by atoms with Gasteiger partial charge >= 0.3 is 0 Å². The zero-order chi connectivity index (χ0) is 13.1. The maximum atomic E-state index is 5.96. The molecule has 0 radical (unpaired) electrons. The lowest BCUT2D eigenvalue weighted by molar-refractivity contribution is 0.654. The smallest absolute Gasteiger partial charge is 0.129 e. The molecule has 0 aliphatic rings. The molecule has 0 bridgehead atoms. The minimum absolute atomic E-state index is 0.550. The lowest BCUT2D eigenvalue weighted by Crippen LogP contribution is -2.01. The summed E-state index contributed by atoms with van der Waals surface area (Å²) in [7, 11) is 0. The van der Waals surface area contributed by atoms with E-state index in [4.69, 9.17) is 11.6 Å². The van der Waals surface area contributed by atoms with Gasteiger partial charge in [0.15, 0.2) is 0 Å². The van der Waals surface area contributed by atoms with Crippen LogP contribution >= 0.6 is 11.6 Å². The third kappa shape index (κ3) is 2.41. The molecule has 0 unspecified atom stereocenters. The van der Waals surface area contributed by atoms with Crippen LogP contribution in [0.1, 0.15) is 32.0 Å². The SMILES string of the molecule is CCc1cc(-c2cnc(Cl)cc2CC)n(CC)n1. The highest BCUT2D eigenvalue weighted by atomic mass is 35.5. The summed E-state index contributed by atoms with van der Waals surface area (Å²) < 4.78 is 2.03. The molecule has 2 heterocycles. The minimum Gasteiger partial charge on any atom is -0.265 e. The Bertz CT molecular complexity index is 546. The van der Waals surface area contributed by atoms with Crippen molar-refractivity contribution >= 4 is 11.6 Å². The molecule has 2 rings (SSSR count). The van der Waals surface area contributed by atoms with E-state index in [0.717, 1.165) is 36.3 Å². The molecule has 0 aliphatic carbocycles. The van der Waals surface area contributed by atoms with Gasteiger partial charge in [0, 0.05) is 18.3 Å². The summed E-state index contributed by atoms with van der Waals surface area (Å²) in [4.78, 5) is 4.20. The fourth-order valence-corrected chi connectivity index (χ4v) is 2.27. The highest BCUT2D eigenvalue weighted by Gasteiger charge is 2.12. The van der Waals surface area contributed by atoms with Crippen LogP contribution < -0.4 is 0 Å². The first kappa shape index (κ1) is 13.1. The van der Waals surface area contributed by atoms with Crippen molar-refractivity contribution in [1.82, 2.24) is 14.8 Å². The number of aryl methyl sites for hydroxylation is 3. The molecule has 0 aliphatic heterocycles. The maximum Gasteiger partial charge on any atom is 0.129 e. The number of rotatable bonds is 4. The summed E-state index contributed by atoms with van der Waals surface area (Å²) in [6.45, 7) is 7.21. The van der Waals surface area contributed by atoms with Crippen molar-refractivity contribution in [3.05, 3.63) is 34.7 Å². The van der Waals surface area contributed by atoms with E-state index in [1.165, 1.54) is 5.56 Å². The maximum absolute atomic E-state index is 5.96. The topological polar surface area (TPSA) is 30.7 Å². The van der Waals surface area contributed by atoms with Crippen LogP contribution in [0.3, 0.4) is 0 Å². The zero-order valence-corrected chi connectivity index (χ0v) is 11.8. The van der Waals surface area contributed by atoms with Crippen LogP contribution in [0.5, 0.6) is 0 Å². The fraction of sp³-hybridized carbons (Fsp3) is 0.429. The monoisotopic (exact) mass is 263 g/mol. The van der Waals surface area contributed by atoms with Crippen molar-refractivity contribution in [2.45, 2.75) is 40.2 Å². The third-order valence-corrected chi connectivity index (χ3v) is 3.31. The van der Waals surface area contributed by atoms with E-state index in [1.54, 1.807) is 0 Å². The molecule has 0 saturated heterocycles. The average molecular weight is 264 g/mol. The first-order chi connectivity index (χ1) is 8.69. The Hall–Kier alpha value is -1.35. The number of aromatic nitrogens is 3. The second-order valence-corrected chi connectivity index (χ2v) is 4.60. The Morgan fingerprint density at radius 3 is 2.56 bits per heavy atom. The number of nitrogens with zero attached hydrogens (tertiary/aromatic N) is 3. The van der Waals surface area contributed by atoms with Gasteiger partial charge in [-0.05, 0) is 37.5 Å². The van der Waals surface area contributed by atoms with Crippen molar-refractivity contribution < 1.29 is 0 Å². The van der Waals surface area contributed by atoms with Crippen molar-refractivity contribution in [1.29, 1.82) is 0 Å². The number of hydrogen-bond acceptors (Lipinski definition) is 2. The molecule has 0 N–H and O–H groups in total. The molecule has 0 spiro atoms. The lowest BCUT2D eigenvalue weighted by Gasteiger charge is -2.09. The van der Waals surface area contributed by atoms with Crippen molar-refractivity contribution in [2.75, 3.05) is 0 Å². The quantitative estimate of drug-likeness (QED) is 0.787. The molecule has 0 fully saturated rings. The second-order valence-electron chi connectivity index (χ2n) is 4.21. The Kier molecular flexibility index (Phi) is 4.02. The van der Waals surface area contributed by atoms with Gasteiger partial charge in [-0.15, -0.1) is 0 Å². The van der Waals surface area contributed by atoms with Gasteiger partial charge in [-0.1, -0.05) is 25.4 Å². The summed E-state index contributed by atoms with van der Waals surface area (Å²) in [5, 5.41) is 5.13.